The Morgan fingerprint density at radius 2 is 2.11 bits per heavy atom. The molecule has 0 saturated heterocycles. The minimum Gasteiger partial charge on any atom is -0.495 e. The van der Waals surface area contributed by atoms with E-state index < -0.39 is 0 Å². The molecule has 1 aromatic carbocycles. The standard InChI is InChI=1S/C15H16N2O/c1-18-14-8-13(9-16-10-14)11-4-5-15-12(7-11)3-2-6-17-15/h4-5,7-10,17H,2-3,6H2,1H3. The van der Waals surface area contributed by atoms with Gasteiger partial charge in [-0.2, -0.15) is 0 Å². The third kappa shape index (κ3) is 2.04. The summed E-state index contributed by atoms with van der Waals surface area (Å²) in [5.74, 6) is 0.795. The first-order valence-corrected chi connectivity index (χ1v) is 6.23. The second-order valence-corrected chi connectivity index (χ2v) is 4.52. The summed E-state index contributed by atoms with van der Waals surface area (Å²) in [5, 5.41) is 3.42. The lowest BCUT2D eigenvalue weighted by Crippen LogP contribution is -2.11. The van der Waals surface area contributed by atoms with Crippen LogP contribution in [0.1, 0.15) is 12.0 Å². The Bertz CT molecular complexity index is 566. The fourth-order valence-electron chi connectivity index (χ4n) is 2.34. The highest BCUT2D eigenvalue weighted by Gasteiger charge is 2.09. The summed E-state index contributed by atoms with van der Waals surface area (Å²) >= 11 is 0. The summed E-state index contributed by atoms with van der Waals surface area (Å²) in [4.78, 5) is 4.20. The molecule has 1 aliphatic rings. The van der Waals surface area contributed by atoms with E-state index in [9.17, 15) is 0 Å². The molecule has 3 heteroatoms. The maximum Gasteiger partial charge on any atom is 0.137 e. The number of aryl methyl sites for hydroxylation is 1. The number of ether oxygens (including phenoxy) is 1. The predicted octanol–water partition coefficient (Wildman–Crippen LogP) is 3.12. The van der Waals surface area contributed by atoms with E-state index in [2.05, 4.69) is 28.5 Å². The van der Waals surface area contributed by atoms with Gasteiger partial charge in [-0.1, -0.05) is 6.07 Å². The Labute approximate surface area is 107 Å². The SMILES string of the molecule is COc1cncc(-c2ccc3c(c2)CCCN3)c1. The average molecular weight is 240 g/mol. The molecule has 3 rings (SSSR count). The normalized spacial score (nSPS) is 13.6. The van der Waals surface area contributed by atoms with Gasteiger partial charge in [-0.25, -0.2) is 0 Å². The molecule has 0 amide bonds. The number of nitrogens with one attached hydrogen (secondary N) is 1. The molecule has 1 aliphatic heterocycles. The van der Waals surface area contributed by atoms with Gasteiger partial charge in [0.15, 0.2) is 0 Å². The number of hydrogen-bond donors (Lipinski definition) is 1. The van der Waals surface area contributed by atoms with Crippen LogP contribution in [-0.2, 0) is 6.42 Å². The van der Waals surface area contributed by atoms with E-state index in [-0.39, 0.29) is 0 Å². The number of benzene rings is 1. The molecule has 0 radical (unpaired) electrons. The van der Waals surface area contributed by atoms with Gasteiger partial charge in [0.05, 0.1) is 13.3 Å². The average Bonchev–Trinajstić information content (AvgIpc) is 2.47. The molecule has 0 aliphatic carbocycles. The number of methoxy groups -OCH3 is 1. The fourth-order valence-corrected chi connectivity index (χ4v) is 2.34. The number of hydrogen-bond acceptors (Lipinski definition) is 3. The van der Waals surface area contributed by atoms with Gasteiger partial charge >= 0.3 is 0 Å². The number of nitrogens with zero attached hydrogens (tertiary/aromatic N) is 1. The van der Waals surface area contributed by atoms with Crippen LogP contribution in [0, 0.1) is 0 Å². The molecule has 1 N–H and O–H groups in total. The van der Waals surface area contributed by atoms with Crippen molar-refractivity contribution in [2.75, 3.05) is 19.0 Å². The van der Waals surface area contributed by atoms with E-state index in [1.807, 2.05) is 12.3 Å². The van der Waals surface area contributed by atoms with Crippen LogP contribution >= 0.6 is 0 Å². The molecule has 92 valence electrons. The van der Waals surface area contributed by atoms with Gasteiger partial charge in [-0.3, -0.25) is 4.98 Å². The Morgan fingerprint density at radius 1 is 1.17 bits per heavy atom. The van der Waals surface area contributed by atoms with Gasteiger partial charge in [0, 0.05) is 24.0 Å². The van der Waals surface area contributed by atoms with Crippen molar-refractivity contribution in [2.45, 2.75) is 12.8 Å². The van der Waals surface area contributed by atoms with Gasteiger partial charge in [0.1, 0.15) is 5.75 Å². The molecule has 0 saturated carbocycles. The van der Waals surface area contributed by atoms with Gasteiger partial charge in [0.25, 0.3) is 0 Å². The van der Waals surface area contributed by atoms with E-state index >= 15 is 0 Å². The first-order valence-electron chi connectivity index (χ1n) is 6.23. The van der Waals surface area contributed by atoms with Crippen molar-refractivity contribution >= 4 is 5.69 Å². The van der Waals surface area contributed by atoms with E-state index in [4.69, 9.17) is 4.74 Å². The highest BCUT2D eigenvalue weighted by atomic mass is 16.5. The first-order chi connectivity index (χ1) is 8.86. The van der Waals surface area contributed by atoms with Crippen LogP contribution in [0.15, 0.2) is 36.7 Å². The molecule has 18 heavy (non-hydrogen) atoms. The topological polar surface area (TPSA) is 34.1 Å². The summed E-state index contributed by atoms with van der Waals surface area (Å²) in [6.07, 6.45) is 5.95. The van der Waals surface area contributed by atoms with Gasteiger partial charge < -0.3 is 10.1 Å². The highest BCUT2D eigenvalue weighted by molar-refractivity contribution is 5.69. The van der Waals surface area contributed by atoms with Crippen molar-refractivity contribution in [3.8, 4) is 16.9 Å². The molecular weight excluding hydrogens is 224 g/mol. The second-order valence-electron chi connectivity index (χ2n) is 4.52. The zero-order valence-corrected chi connectivity index (χ0v) is 10.4. The van der Waals surface area contributed by atoms with Crippen LogP contribution in [0.5, 0.6) is 5.75 Å². The van der Waals surface area contributed by atoms with Crippen molar-refractivity contribution in [3.63, 3.8) is 0 Å². The minimum absolute atomic E-state index is 0.795. The Kier molecular flexibility index (Phi) is 2.89. The summed E-state index contributed by atoms with van der Waals surface area (Å²) in [5.41, 5.74) is 4.95. The molecule has 0 bridgehead atoms. The van der Waals surface area contributed by atoms with Crippen LogP contribution in [0.3, 0.4) is 0 Å². The number of aromatic nitrogens is 1. The summed E-state index contributed by atoms with van der Waals surface area (Å²) in [6, 6.07) is 8.56. The molecule has 1 aromatic heterocycles. The van der Waals surface area contributed by atoms with E-state index in [1.165, 1.54) is 23.2 Å². The summed E-state index contributed by atoms with van der Waals surface area (Å²) < 4.78 is 5.21. The van der Waals surface area contributed by atoms with Gasteiger partial charge in [-0.05, 0) is 42.2 Å². The molecule has 0 fully saturated rings. The lowest BCUT2D eigenvalue weighted by Gasteiger charge is -2.18. The molecule has 0 atom stereocenters. The Morgan fingerprint density at radius 3 is 3.00 bits per heavy atom. The van der Waals surface area contributed by atoms with E-state index in [1.54, 1.807) is 13.3 Å². The number of rotatable bonds is 2. The monoisotopic (exact) mass is 240 g/mol. The van der Waals surface area contributed by atoms with E-state index in [0.717, 1.165) is 24.3 Å². The maximum atomic E-state index is 5.21. The van der Waals surface area contributed by atoms with Crippen molar-refractivity contribution in [1.82, 2.24) is 4.98 Å². The molecule has 0 unspecified atom stereocenters. The smallest absolute Gasteiger partial charge is 0.137 e. The Balaban J connectivity index is 2.00. The summed E-state index contributed by atoms with van der Waals surface area (Å²) in [7, 11) is 1.66. The molecule has 0 spiro atoms. The molecule has 2 heterocycles. The van der Waals surface area contributed by atoms with Crippen molar-refractivity contribution in [3.05, 3.63) is 42.2 Å². The zero-order valence-electron chi connectivity index (χ0n) is 10.4. The van der Waals surface area contributed by atoms with Crippen LogP contribution in [0.4, 0.5) is 5.69 Å². The van der Waals surface area contributed by atoms with E-state index in [0.29, 0.717) is 0 Å². The van der Waals surface area contributed by atoms with Crippen molar-refractivity contribution < 1.29 is 4.74 Å². The third-order valence-corrected chi connectivity index (χ3v) is 3.33. The lowest BCUT2D eigenvalue weighted by molar-refractivity contribution is 0.413. The van der Waals surface area contributed by atoms with Crippen LogP contribution in [-0.4, -0.2) is 18.6 Å². The number of pyridine rings is 1. The Hall–Kier alpha value is -2.03. The van der Waals surface area contributed by atoms with Crippen LogP contribution < -0.4 is 10.1 Å². The summed E-state index contributed by atoms with van der Waals surface area (Å²) in [6.45, 7) is 1.08. The highest BCUT2D eigenvalue weighted by Crippen LogP contribution is 2.29. The maximum absolute atomic E-state index is 5.21. The largest absolute Gasteiger partial charge is 0.495 e. The minimum atomic E-state index is 0.795. The number of fused-ring (bicyclic) bond motifs is 1. The predicted molar refractivity (Wildman–Crippen MR) is 73.0 cm³/mol. The van der Waals surface area contributed by atoms with Gasteiger partial charge in [0.2, 0.25) is 0 Å². The van der Waals surface area contributed by atoms with Crippen molar-refractivity contribution in [1.29, 1.82) is 0 Å². The third-order valence-electron chi connectivity index (χ3n) is 3.33. The quantitative estimate of drug-likeness (QED) is 0.875. The molecule has 2 aromatic rings. The molecular formula is C15H16N2O. The van der Waals surface area contributed by atoms with Crippen molar-refractivity contribution in [2.24, 2.45) is 0 Å². The van der Waals surface area contributed by atoms with Gasteiger partial charge in [-0.15, -0.1) is 0 Å². The fraction of sp³-hybridized carbons (Fsp3) is 0.267. The van der Waals surface area contributed by atoms with Crippen LogP contribution in [0.25, 0.3) is 11.1 Å². The molecule has 3 nitrogen and oxygen atoms in total. The first kappa shape index (κ1) is 11.1. The second kappa shape index (κ2) is 4.69. The van der Waals surface area contributed by atoms with Crippen LogP contribution in [0.2, 0.25) is 0 Å². The number of anilines is 1. The zero-order chi connectivity index (χ0) is 12.4. The lowest BCUT2D eigenvalue weighted by atomic mass is 9.98.